The fraction of sp³-hybridized carbons (Fsp3) is 0.0476. The van der Waals surface area contributed by atoms with Crippen molar-refractivity contribution in [2.75, 3.05) is 0 Å². The molecular weight excluding hydrogens is 568 g/mol. The molecule has 46 heavy (non-hydrogen) atoms. The van der Waals surface area contributed by atoms with Crippen LogP contribution in [0.3, 0.4) is 0 Å². The highest BCUT2D eigenvalue weighted by atomic mass is 16.3. The van der Waals surface area contributed by atoms with Crippen LogP contribution in [0.1, 0.15) is 33.4 Å². The Morgan fingerprint density at radius 1 is 0.370 bits per heavy atom. The molecule has 2 aromatic heterocycles. The van der Waals surface area contributed by atoms with E-state index < -0.39 is 11.2 Å². The van der Waals surface area contributed by atoms with Crippen LogP contribution in [-0.2, 0) is 11.2 Å². The normalized spacial score (nSPS) is 19.3. The van der Waals surface area contributed by atoms with Gasteiger partial charge in [0, 0.05) is 32.7 Å². The van der Waals surface area contributed by atoms with Gasteiger partial charge in [0.25, 0.3) is 0 Å². The van der Waals surface area contributed by atoms with Gasteiger partial charge in [0.05, 0.1) is 0 Å². The SMILES string of the molecule is OC1(c2ccc3oc4ccccc4c3c2)c2ccccc2C(O)(c2ccc3oc4ccccc4c3c2)c2c1ccc1ccccc21. The van der Waals surface area contributed by atoms with Gasteiger partial charge in [-0.25, -0.2) is 0 Å². The average molecular weight is 595 g/mol. The zero-order valence-electron chi connectivity index (χ0n) is 24.6. The summed E-state index contributed by atoms with van der Waals surface area (Å²) in [6.07, 6.45) is 0. The van der Waals surface area contributed by atoms with E-state index in [2.05, 4.69) is 0 Å². The van der Waals surface area contributed by atoms with Crippen molar-refractivity contribution >= 4 is 54.6 Å². The molecule has 2 atom stereocenters. The number of hydrogen-bond acceptors (Lipinski definition) is 4. The van der Waals surface area contributed by atoms with Crippen LogP contribution in [0.15, 0.2) is 154 Å². The number of para-hydroxylation sites is 2. The molecular formula is C42H26O4. The van der Waals surface area contributed by atoms with Crippen LogP contribution in [0.25, 0.3) is 54.6 Å². The Bertz CT molecular complexity index is 2700. The Morgan fingerprint density at radius 3 is 1.48 bits per heavy atom. The van der Waals surface area contributed by atoms with Crippen LogP contribution in [0.2, 0.25) is 0 Å². The van der Waals surface area contributed by atoms with Gasteiger partial charge < -0.3 is 19.0 Å². The summed E-state index contributed by atoms with van der Waals surface area (Å²) in [7, 11) is 0. The molecule has 4 nitrogen and oxygen atoms in total. The molecule has 0 bridgehead atoms. The molecule has 0 aliphatic heterocycles. The van der Waals surface area contributed by atoms with Gasteiger partial charge in [-0.05, 0) is 69.4 Å². The molecule has 0 amide bonds. The number of fused-ring (bicyclic) bond motifs is 10. The average Bonchev–Trinajstić information content (AvgIpc) is 3.68. The molecule has 0 saturated carbocycles. The van der Waals surface area contributed by atoms with Gasteiger partial charge in [-0.2, -0.15) is 0 Å². The summed E-state index contributed by atoms with van der Waals surface area (Å²) >= 11 is 0. The lowest BCUT2D eigenvalue weighted by Crippen LogP contribution is -2.44. The third-order valence-corrected chi connectivity index (χ3v) is 9.98. The second kappa shape index (κ2) is 8.95. The fourth-order valence-electron chi connectivity index (χ4n) is 7.87. The zero-order chi connectivity index (χ0) is 30.6. The highest BCUT2D eigenvalue weighted by molar-refractivity contribution is 6.06. The van der Waals surface area contributed by atoms with Gasteiger partial charge >= 0.3 is 0 Å². The molecule has 0 fully saturated rings. The molecule has 218 valence electrons. The van der Waals surface area contributed by atoms with Gasteiger partial charge in [-0.15, -0.1) is 0 Å². The lowest BCUT2D eigenvalue weighted by atomic mass is 9.62. The highest BCUT2D eigenvalue weighted by Gasteiger charge is 2.52. The Kier molecular flexibility index (Phi) is 4.99. The Labute approximate surface area is 263 Å². The Balaban J connectivity index is 1.32. The van der Waals surface area contributed by atoms with E-state index in [4.69, 9.17) is 8.83 Å². The predicted octanol–water partition coefficient (Wildman–Crippen LogP) is 9.52. The summed E-state index contributed by atoms with van der Waals surface area (Å²) in [6.45, 7) is 0. The van der Waals surface area contributed by atoms with Crippen LogP contribution in [0.5, 0.6) is 0 Å². The van der Waals surface area contributed by atoms with E-state index in [1.807, 2.05) is 146 Å². The molecule has 4 heteroatoms. The molecule has 2 unspecified atom stereocenters. The van der Waals surface area contributed by atoms with E-state index in [-0.39, 0.29) is 0 Å². The standard InChI is InChI=1S/C42H26O4/c43-41(26-18-21-38-31(23-26)29-11-3-7-15-36(29)45-38)33-13-5-6-14-34(33)42(44,40-28-10-2-1-9-25(28)17-20-35(40)41)27-19-22-39-32(24-27)30-12-4-8-16-37(30)46-39/h1-24,43-44H. The van der Waals surface area contributed by atoms with E-state index in [0.29, 0.717) is 33.4 Å². The minimum absolute atomic E-state index is 0.629. The van der Waals surface area contributed by atoms with Crippen LogP contribution in [0.4, 0.5) is 0 Å². The van der Waals surface area contributed by atoms with Gasteiger partial charge in [-0.3, -0.25) is 0 Å². The van der Waals surface area contributed by atoms with Crippen molar-refractivity contribution in [2.24, 2.45) is 0 Å². The molecule has 0 spiro atoms. The van der Waals surface area contributed by atoms with Gasteiger partial charge in [0.2, 0.25) is 0 Å². The van der Waals surface area contributed by atoms with Gasteiger partial charge in [0.15, 0.2) is 0 Å². The Morgan fingerprint density at radius 2 is 0.848 bits per heavy atom. The highest BCUT2D eigenvalue weighted by Crippen LogP contribution is 2.55. The van der Waals surface area contributed by atoms with Crippen LogP contribution < -0.4 is 0 Å². The summed E-state index contributed by atoms with van der Waals surface area (Å²) in [4.78, 5) is 0. The number of furan rings is 2. The molecule has 1 aliphatic rings. The molecule has 10 rings (SSSR count). The summed E-state index contributed by atoms with van der Waals surface area (Å²) in [6, 6.07) is 47.6. The third kappa shape index (κ3) is 3.19. The molecule has 7 aromatic carbocycles. The first-order valence-corrected chi connectivity index (χ1v) is 15.5. The monoisotopic (exact) mass is 594 g/mol. The van der Waals surface area contributed by atoms with E-state index >= 15 is 0 Å². The maximum Gasteiger partial charge on any atom is 0.141 e. The quantitative estimate of drug-likeness (QED) is 0.209. The second-order valence-electron chi connectivity index (χ2n) is 12.3. The van der Waals surface area contributed by atoms with Crippen molar-refractivity contribution in [1.82, 2.24) is 0 Å². The number of aliphatic hydroxyl groups is 2. The summed E-state index contributed by atoms with van der Waals surface area (Å²) in [5, 5.41) is 32.4. The van der Waals surface area contributed by atoms with Gasteiger partial charge in [-0.1, -0.05) is 109 Å². The Hall–Kier alpha value is -5.68. The zero-order valence-corrected chi connectivity index (χ0v) is 24.6. The molecule has 0 radical (unpaired) electrons. The second-order valence-corrected chi connectivity index (χ2v) is 12.3. The maximum absolute atomic E-state index is 13.4. The van der Waals surface area contributed by atoms with Crippen LogP contribution in [-0.4, -0.2) is 10.2 Å². The largest absolute Gasteiger partial charge is 0.456 e. The number of hydrogen-bond donors (Lipinski definition) is 2. The van der Waals surface area contributed by atoms with Crippen molar-refractivity contribution in [3.63, 3.8) is 0 Å². The third-order valence-electron chi connectivity index (χ3n) is 9.98. The molecule has 2 heterocycles. The molecule has 2 N–H and O–H groups in total. The van der Waals surface area contributed by atoms with Crippen molar-refractivity contribution in [2.45, 2.75) is 11.2 Å². The molecule has 0 saturated heterocycles. The van der Waals surface area contributed by atoms with Crippen molar-refractivity contribution in [1.29, 1.82) is 0 Å². The first-order chi connectivity index (χ1) is 22.5. The number of rotatable bonds is 2. The summed E-state index contributed by atoms with van der Waals surface area (Å²) in [5.41, 5.74) is 3.93. The smallest absolute Gasteiger partial charge is 0.141 e. The van der Waals surface area contributed by atoms with Crippen molar-refractivity contribution in [3.8, 4) is 0 Å². The first kappa shape index (κ1) is 25.6. The fourth-order valence-corrected chi connectivity index (χ4v) is 7.87. The van der Waals surface area contributed by atoms with E-state index in [0.717, 1.165) is 54.6 Å². The number of benzene rings is 7. The molecule has 9 aromatic rings. The first-order valence-electron chi connectivity index (χ1n) is 15.5. The maximum atomic E-state index is 13.4. The van der Waals surface area contributed by atoms with Gasteiger partial charge in [0.1, 0.15) is 33.5 Å². The summed E-state index contributed by atoms with van der Waals surface area (Å²) in [5.74, 6) is 0. The van der Waals surface area contributed by atoms with Crippen molar-refractivity contribution < 1.29 is 19.0 Å². The lowest BCUT2D eigenvalue weighted by Gasteiger charge is -2.45. The van der Waals surface area contributed by atoms with Crippen LogP contribution in [0, 0.1) is 0 Å². The minimum Gasteiger partial charge on any atom is -0.456 e. The topological polar surface area (TPSA) is 66.7 Å². The van der Waals surface area contributed by atoms with Crippen molar-refractivity contribution in [3.05, 3.63) is 179 Å². The minimum atomic E-state index is -1.59. The van der Waals surface area contributed by atoms with Crippen LogP contribution >= 0.6 is 0 Å². The molecule has 1 aliphatic carbocycles. The predicted molar refractivity (Wildman–Crippen MR) is 182 cm³/mol. The van der Waals surface area contributed by atoms with E-state index in [1.54, 1.807) is 0 Å². The summed E-state index contributed by atoms with van der Waals surface area (Å²) < 4.78 is 12.3. The lowest BCUT2D eigenvalue weighted by molar-refractivity contribution is 0.0762. The van der Waals surface area contributed by atoms with E-state index in [9.17, 15) is 10.2 Å². The van der Waals surface area contributed by atoms with E-state index in [1.165, 1.54) is 0 Å².